The first-order valence-corrected chi connectivity index (χ1v) is 6.07. The molecule has 0 radical (unpaired) electrons. The van der Waals surface area contributed by atoms with Gasteiger partial charge in [0, 0.05) is 11.0 Å². The van der Waals surface area contributed by atoms with Crippen LogP contribution in [0.5, 0.6) is 5.75 Å². The third kappa shape index (κ3) is 5.73. The quantitative estimate of drug-likeness (QED) is 0.648. The molecule has 19 heavy (non-hydrogen) atoms. The fourth-order valence-corrected chi connectivity index (χ4v) is 1.70. The van der Waals surface area contributed by atoms with Crippen molar-refractivity contribution in [2.24, 2.45) is 0 Å². The van der Waals surface area contributed by atoms with E-state index in [1.807, 2.05) is 0 Å². The van der Waals surface area contributed by atoms with Gasteiger partial charge >= 0.3 is 6.18 Å². The molecule has 0 saturated carbocycles. The first-order chi connectivity index (χ1) is 8.69. The molecule has 0 spiro atoms. The van der Waals surface area contributed by atoms with E-state index in [-0.39, 0.29) is 16.8 Å². The highest BCUT2D eigenvalue weighted by Gasteiger charge is 2.26. The van der Waals surface area contributed by atoms with Crippen LogP contribution in [-0.4, -0.2) is 25.4 Å². The first kappa shape index (κ1) is 16.2. The minimum atomic E-state index is -4.33. The Labute approximate surface area is 115 Å². The molecule has 0 aromatic heterocycles. The van der Waals surface area contributed by atoms with E-state index in [1.165, 1.54) is 13.0 Å². The molecule has 0 heterocycles. The highest BCUT2D eigenvalue weighted by Crippen LogP contribution is 2.26. The maximum Gasteiger partial charge on any atom is 0.401 e. The van der Waals surface area contributed by atoms with Crippen molar-refractivity contribution >= 4 is 15.9 Å². The Morgan fingerprint density at radius 1 is 1.32 bits per heavy atom. The van der Waals surface area contributed by atoms with Crippen LogP contribution in [0.3, 0.4) is 0 Å². The van der Waals surface area contributed by atoms with Gasteiger partial charge in [0.2, 0.25) is 5.82 Å². The second-order valence-electron chi connectivity index (χ2n) is 3.87. The van der Waals surface area contributed by atoms with Crippen LogP contribution in [0.4, 0.5) is 22.0 Å². The first-order valence-electron chi connectivity index (χ1n) is 5.27. The van der Waals surface area contributed by atoms with Crippen molar-refractivity contribution in [3.8, 4) is 5.75 Å². The zero-order valence-electron chi connectivity index (χ0n) is 9.82. The lowest BCUT2D eigenvalue weighted by atomic mass is 10.3. The maximum atomic E-state index is 13.3. The fraction of sp³-hybridized carbons (Fsp3) is 0.455. The standard InChI is InChI=1S/C11H11BrF5NO/c1-6(4-18-5-11(15,16)17)19-9-3-7(12)2-8(13)10(9)14/h2-3,6,18H,4-5H2,1H3. The van der Waals surface area contributed by atoms with Crippen molar-refractivity contribution in [1.29, 1.82) is 0 Å². The van der Waals surface area contributed by atoms with Gasteiger partial charge in [-0.05, 0) is 19.1 Å². The highest BCUT2D eigenvalue weighted by molar-refractivity contribution is 9.10. The van der Waals surface area contributed by atoms with Crippen LogP contribution in [0.25, 0.3) is 0 Å². The molecule has 108 valence electrons. The summed E-state index contributed by atoms with van der Waals surface area (Å²) in [6.45, 7) is 0.130. The SMILES string of the molecule is CC(CNCC(F)(F)F)Oc1cc(Br)cc(F)c1F. The Hall–Kier alpha value is -0.890. The molecule has 0 bridgehead atoms. The van der Waals surface area contributed by atoms with Gasteiger partial charge in [-0.15, -0.1) is 0 Å². The van der Waals surface area contributed by atoms with E-state index < -0.39 is 30.5 Å². The van der Waals surface area contributed by atoms with Gasteiger partial charge in [-0.2, -0.15) is 17.6 Å². The van der Waals surface area contributed by atoms with Crippen LogP contribution in [0, 0.1) is 11.6 Å². The summed E-state index contributed by atoms with van der Waals surface area (Å²) in [5.74, 6) is -2.63. The molecule has 0 aliphatic heterocycles. The Bertz CT molecular complexity index is 438. The van der Waals surface area contributed by atoms with Crippen molar-refractivity contribution in [2.45, 2.75) is 19.2 Å². The van der Waals surface area contributed by atoms with Crippen LogP contribution in [0.2, 0.25) is 0 Å². The normalized spacial score (nSPS) is 13.4. The molecule has 1 aromatic rings. The topological polar surface area (TPSA) is 21.3 Å². The number of hydrogen-bond acceptors (Lipinski definition) is 2. The number of hydrogen-bond donors (Lipinski definition) is 1. The predicted octanol–water partition coefficient (Wildman–Crippen LogP) is 3.65. The summed E-state index contributed by atoms with van der Waals surface area (Å²) in [7, 11) is 0. The summed E-state index contributed by atoms with van der Waals surface area (Å²) in [6, 6.07) is 2.13. The molecular formula is C11H11BrF5NO. The largest absolute Gasteiger partial charge is 0.486 e. The van der Waals surface area contributed by atoms with E-state index in [4.69, 9.17) is 4.74 Å². The molecule has 1 atom stereocenters. The molecule has 0 saturated heterocycles. The van der Waals surface area contributed by atoms with Gasteiger partial charge in [-0.1, -0.05) is 15.9 Å². The van der Waals surface area contributed by atoms with Crippen LogP contribution >= 0.6 is 15.9 Å². The number of alkyl halides is 3. The van der Waals surface area contributed by atoms with E-state index in [2.05, 4.69) is 21.2 Å². The number of halogens is 6. The van der Waals surface area contributed by atoms with Crippen LogP contribution in [0.1, 0.15) is 6.92 Å². The van der Waals surface area contributed by atoms with Crippen LogP contribution in [-0.2, 0) is 0 Å². The van der Waals surface area contributed by atoms with E-state index in [1.54, 1.807) is 0 Å². The van der Waals surface area contributed by atoms with Crippen LogP contribution < -0.4 is 10.1 Å². The van der Waals surface area contributed by atoms with Crippen molar-refractivity contribution < 1.29 is 26.7 Å². The molecule has 0 aliphatic rings. The van der Waals surface area contributed by atoms with Crippen molar-refractivity contribution in [1.82, 2.24) is 5.32 Å². The molecule has 1 aromatic carbocycles. The average molecular weight is 348 g/mol. The second-order valence-corrected chi connectivity index (χ2v) is 4.79. The van der Waals surface area contributed by atoms with Gasteiger partial charge in [0.1, 0.15) is 6.10 Å². The van der Waals surface area contributed by atoms with E-state index in [0.29, 0.717) is 0 Å². The molecule has 8 heteroatoms. The zero-order chi connectivity index (χ0) is 14.6. The van der Waals surface area contributed by atoms with Crippen molar-refractivity contribution in [2.75, 3.05) is 13.1 Å². The van der Waals surface area contributed by atoms with Gasteiger partial charge in [-0.3, -0.25) is 0 Å². The summed E-state index contributed by atoms with van der Waals surface area (Å²) in [6.07, 6.45) is -5.07. The second kappa shape index (κ2) is 6.51. The van der Waals surface area contributed by atoms with Crippen molar-refractivity contribution in [3.63, 3.8) is 0 Å². The molecule has 1 N–H and O–H groups in total. The molecule has 1 rings (SSSR count). The number of rotatable bonds is 5. The smallest absolute Gasteiger partial charge is 0.401 e. The van der Waals surface area contributed by atoms with E-state index in [0.717, 1.165) is 6.07 Å². The number of ether oxygens (including phenoxy) is 1. The summed E-state index contributed by atoms with van der Waals surface area (Å²) in [4.78, 5) is 0. The van der Waals surface area contributed by atoms with E-state index in [9.17, 15) is 22.0 Å². The summed E-state index contributed by atoms with van der Waals surface area (Å²) < 4.78 is 67.4. The summed E-state index contributed by atoms with van der Waals surface area (Å²) >= 11 is 2.96. The maximum absolute atomic E-state index is 13.3. The van der Waals surface area contributed by atoms with Crippen LogP contribution in [0.15, 0.2) is 16.6 Å². The highest BCUT2D eigenvalue weighted by atomic mass is 79.9. The van der Waals surface area contributed by atoms with Gasteiger partial charge < -0.3 is 10.1 Å². The lowest BCUT2D eigenvalue weighted by Gasteiger charge is -2.17. The van der Waals surface area contributed by atoms with E-state index >= 15 is 0 Å². The Kier molecular flexibility index (Phi) is 5.54. The van der Waals surface area contributed by atoms with Gasteiger partial charge in [0.15, 0.2) is 11.6 Å². The Balaban J connectivity index is 2.55. The zero-order valence-corrected chi connectivity index (χ0v) is 11.4. The van der Waals surface area contributed by atoms with Gasteiger partial charge in [-0.25, -0.2) is 4.39 Å². The molecule has 1 unspecified atom stereocenters. The molecular weight excluding hydrogens is 337 g/mol. The Morgan fingerprint density at radius 3 is 2.53 bits per heavy atom. The minimum absolute atomic E-state index is 0.146. The average Bonchev–Trinajstić information content (AvgIpc) is 2.23. The Morgan fingerprint density at radius 2 is 1.95 bits per heavy atom. The lowest BCUT2D eigenvalue weighted by Crippen LogP contribution is -2.35. The third-order valence-corrected chi connectivity index (χ3v) is 2.50. The van der Waals surface area contributed by atoms with Crippen molar-refractivity contribution in [3.05, 3.63) is 28.2 Å². The van der Waals surface area contributed by atoms with Gasteiger partial charge in [0.05, 0.1) is 6.54 Å². The lowest BCUT2D eigenvalue weighted by molar-refractivity contribution is -0.125. The molecule has 0 amide bonds. The monoisotopic (exact) mass is 347 g/mol. The fourth-order valence-electron chi connectivity index (χ4n) is 1.29. The predicted molar refractivity (Wildman–Crippen MR) is 63.1 cm³/mol. The third-order valence-electron chi connectivity index (χ3n) is 2.04. The molecule has 0 fully saturated rings. The molecule has 0 aliphatic carbocycles. The molecule has 2 nitrogen and oxygen atoms in total. The minimum Gasteiger partial charge on any atom is -0.486 e. The number of benzene rings is 1. The summed E-state index contributed by atoms with van der Waals surface area (Å²) in [5.41, 5.74) is 0. The van der Waals surface area contributed by atoms with Gasteiger partial charge in [0.25, 0.3) is 0 Å². The number of nitrogens with one attached hydrogen (secondary N) is 1. The summed E-state index contributed by atoms with van der Waals surface area (Å²) in [5, 5.41) is 2.12.